The summed E-state index contributed by atoms with van der Waals surface area (Å²) in [6.45, 7) is 5.88. The van der Waals surface area contributed by atoms with Crippen LogP contribution in [0.15, 0.2) is 24.3 Å². The number of hydrogen-bond acceptors (Lipinski definition) is 4. The van der Waals surface area contributed by atoms with Crippen LogP contribution in [0.4, 0.5) is 5.13 Å². The van der Waals surface area contributed by atoms with Gasteiger partial charge in [-0.3, -0.25) is 4.79 Å². The van der Waals surface area contributed by atoms with Gasteiger partial charge in [-0.05, 0) is 38.3 Å². The number of carbonyl (C=O) groups is 1. The Morgan fingerprint density at radius 1 is 1.40 bits per heavy atom. The van der Waals surface area contributed by atoms with E-state index >= 15 is 0 Å². The molecule has 4 nitrogen and oxygen atoms in total. The molecule has 0 spiro atoms. The molecule has 0 saturated carbocycles. The van der Waals surface area contributed by atoms with E-state index in [9.17, 15) is 4.79 Å². The van der Waals surface area contributed by atoms with Crippen LogP contribution in [0.1, 0.15) is 33.4 Å². The third kappa shape index (κ3) is 3.36. The Balaban J connectivity index is 2.01. The molecular weight excluding hydrogens is 270 g/mol. The first-order valence-electron chi connectivity index (χ1n) is 6.55. The van der Waals surface area contributed by atoms with E-state index in [-0.39, 0.29) is 11.9 Å². The van der Waals surface area contributed by atoms with Crippen LogP contribution in [-0.4, -0.2) is 16.9 Å². The number of carbonyl (C=O) groups excluding carboxylic acids is 1. The standard InChI is InChI=1S/C15H19N3OS/c1-9-6-4-5-7-12(9)8-10(2)17-14(19)13-11(3)18-15(16)20-13/h4-7,10H,8H2,1-3H3,(H2,16,18)(H,17,19). The van der Waals surface area contributed by atoms with E-state index in [0.29, 0.717) is 15.7 Å². The quantitative estimate of drug-likeness (QED) is 0.909. The lowest BCUT2D eigenvalue weighted by Gasteiger charge is -2.15. The van der Waals surface area contributed by atoms with Gasteiger partial charge in [-0.15, -0.1) is 0 Å². The Kier molecular flexibility index (Phi) is 4.39. The van der Waals surface area contributed by atoms with E-state index in [1.54, 1.807) is 6.92 Å². The molecule has 106 valence electrons. The molecule has 0 aliphatic carbocycles. The Hall–Kier alpha value is -1.88. The van der Waals surface area contributed by atoms with Gasteiger partial charge in [0.25, 0.3) is 5.91 Å². The number of rotatable bonds is 4. The Labute approximate surface area is 123 Å². The molecule has 1 unspecified atom stereocenters. The van der Waals surface area contributed by atoms with Gasteiger partial charge >= 0.3 is 0 Å². The number of aryl methyl sites for hydroxylation is 2. The van der Waals surface area contributed by atoms with Crippen molar-refractivity contribution in [2.24, 2.45) is 0 Å². The Morgan fingerprint density at radius 3 is 2.70 bits per heavy atom. The van der Waals surface area contributed by atoms with Gasteiger partial charge < -0.3 is 11.1 Å². The van der Waals surface area contributed by atoms with Crippen LogP contribution in [0.5, 0.6) is 0 Å². The van der Waals surface area contributed by atoms with Crippen molar-refractivity contribution in [3.8, 4) is 0 Å². The Bertz CT molecular complexity index is 621. The van der Waals surface area contributed by atoms with Crippen molar-refractivity contribution in [3.63, 3.8) is 0 Å². The highest BCUT2D eigenvalue weighted by Crippen LogP contribution is 2.19. The zero-order chi connectivity index (χ0) is 14.7. The van der Waals surface area contributed by atoms with Gasteiger partial charge in [-0.1, -0.05) is 35.6 Å². The molecule has 1 atom stereocenters. The minimum atomic E-state index is -0.0993. The summed E-state index contributed by atoms with van der Waals surface area (Å²) < 4.78 is 0. The van der Waals surface area contributed by atoms with Crippen molar-refractivity contribution >= 4 is 22.4 Å². The van der Waals surface area contributed by atoms with Crippen LogP contribution in [0, 0.1) is 13.8 Å². The van der Waals surface area contributed by atoms with Crippen LogP contribution in [0.25, 0.3) is 0 Å². The van der Waals surface area contributed by atoms with E-state index in [1.165, 1.54) is 22.5 Å². The summed E-state index contributed by atoms with van der Waals surface area (Å²) in [6, 6.07) is 8.27. The molecule has 2 aromatic rings. The van der Waals surface area contributed by atoms with Gasteiger partial charge in [-0.2, -0.15) is 0 Å². The van der Waals surface area contributed by atoms with Crippen molar-refractivity contribution in [3.05, 3.63) is 46.0 Å². The fourth-order valence-corrected chi connectivity index (χ4v) is 2.87. The number of nitrogens with zero attached hydrogens (tertiary/aromatic N) is 1. The molecule has 1 aromatic heterocycles. The molecule has 0 bridgehead atoms. The van der Waals surface area contributed by atoms with Gasteiger partial charge in [0.1, 0.15) is 4.88 Å². The second-order valence-corrected chi connectivity index (χ2v) is 6.00. The van der Waals surface area contributed by atoms with Crippen molar-refractivity contribution in [2.75, 3.05) is 5.73 Å². The average molecular weight is 289 g/mol. The van der Waals surface area contributed by atoms with Crippen LogP contribution < -0.4 is 11.1 Å². The van der Waals surface area contributed by atoms with Crippen LogP contribution in [0.3, 0.4) is 0 Å². The maximum absolute atomic E-state index is 12.2. The lowest BCUT2D eigenvalue weighted by atomic mass is 10.0. The van der Waals surface area contributed by atoms with Crippen LogP contribution in [-0.2, 0) is 6.42 Å². The fourth-order valence-electron chi connectivity index (χ4n) is 2.14. The van der Waals surface area contributed by atoms with Gasteiger partial charge in [0.15, 0.2) is 5.13 Å². The molecule has 1 aromatic carbocycles. The molecule has 2 rings (SSSR count). The molecule has 1 heterocycles. The molecule has 0 fully saturated rings. The largest absolute Gasteiger partial charge is 0.375 e. The number of anilines is 1. The van der Waals surface area contributed by atoms with Crippen LogP contribution in [0.2, 0.25) is 0 Å². The van der Waals surface area contributed by atoms with Crippen LogP contribution >= 0.6 is 11.3 Å². The molecule has 0 radical (unpaired) electrons. The van der Waals surface area contributed by atoms with Crippen molar-refractivity contribution in [1.29, 1.82) is 0 Å². The fraction of sp³-hybridized carbons (Fsp3) is 0.333. The number of nitrogens with two attached hydrogens (primary N) is 1. The van der Waals surface area contributed by atoms with E-state index in [0.717, 1.165) is 6.42 Å². The lowest BCUT2D eigenvalue weighted by molar-refractivity contribution is 0.0943. The Morgan fingerprint density at radius 2 is 2.10 bits per heavy atom. The number of thiazole rings is 1. The first kappa shape index (κ1) is 14.5. The predicted molar refractivity (Wildman–Crippen MR) is 83.1 cm³/mol. The lowest BCUT2D eigenvalue weighted by Crippen LogP contribution is -2.34. The highest BCUT2D eigenvalue weighted by Gasteiger charge is 2.16. The van der Waals surface area contributed by atoms with Gasteiger partial charge in [0.05, 0.1) is 5.69 Å². The molecule has 5 heteroatoms. The van der Waals surface area contributed by atoms with Gasteiger partial charge in [0, 0.05) is 6.04 Å². The smallest absolute Gasteiger partial charge is 0.263 e. The summed E-state index contributed by atoms with van der Waals surface area (Å²) in [4.78, 5) is 16.8. The highest BCUT2D eigenvalue weighted by atomic mass is 32.1. The molecule has 1 amide bonds. The normalized spacial score (nSPS) is 12.2. The summed E-state index contributed by atoms with van der Waals surface area (Å²) in [5.41, 5.74) is 8.80. The zero-order valence-electron chi connectivity index (χ0n) is 11.9. The molecule has 20 heavy (non-hydrogen) atoms. The third-order valence-electron chi connectivity index (χ3n) is 3.18. The first-order chi connectivity index (χ1) is 9.47. The molecule has 0 saturated heterocycles. The maximum atomic E-state index is 12.2. The van der Waals surface area contributed by atoms with E-state index in [1.807, 2.05) is 19.1 Å². The minimum absolute atomic E-state index is 0.0614. The number of amides is 1. The van der Waals surface area contributed by atoms with E-state index in [4.69, 9.17) is 5.73 Å². The summed E-state index contributed by atoms with van der Waals surface area (Å²) >= 11 is 1.23. The van der Waals surface area contributed by atoms with E-state index in [2.05, 4.69) is 29.4 Å². The van der Waals surface area contributed by atoms with Gasteiger partial charge in [0.2, 0.25) is 0 Å². The number of benzene rings is 1. The zero-order valence-corrected chi connectivity index (χ0v) is 12.8. The minimum Gasteiger partial charge on any atom is -0.375 e. The number of nitrogen functional groups attached to an aromatic ring is 1. The number of aromatic nitrogens is 1. The van der Waals surface area contributed by atoms with Crippen molar-refractivity contribution in [1.82, 2.24) is 10.3 Å². The average Bonchev–Trinajstić information content (AvgIpc) is 2.71. The monoisotopic (exact) mass is 289 g/mol. The predicted octanol–water partition coefficient (Wildman–Crippen LogP) is 2.70. The SMILES string of the molecule is Cc1ccccc1CC(C)NC(=O)c1sc(N)nc1C. The maximum Gasteiger partial charge on any atom is 0.263 e. The topological polar surface area (TPSA) is 68.0 Å². The number of hydrogen-bond donors (Lipinski definition) is 2. The summed E-state index contributed by atoms with van der Waals surface area (Å²) in [5.74, 6) is -0.0993. The van der Waals surface area contributed by atoms with E-state index < -0.39 is 0 Å². The summed E-state index contributed by atoms with van der Waals surface area (Å²) in [6.07, 6.45) is 0.811. The summed E-state index contributed by atoms with van der Waals surface area (Å²) in [5, 5.41) is 3.43. The highest BCUT2D eigenvalue weighted by molar-refractivity contribution is 7.17. The van der Waals surface area contributed by atoms with Crippen molar-refractivity contribution in [2.45, 2.75) is 33.2 Å². The molecule has 0 aliphatic heterocycles. The molecular formula is C15H19N3OS. The third-order valence-corrected chi connectivity index (χ3v) is 4.17. The molecule has 3 N–H and O–H groups in total. The molecule has 0 aliphatic rings. The van der Waals surface area contributed by atoms with Crippen molar-refractivity contribution < 1.29 is 4.79 Å². The number of nitrogens with one attached hydrogen (secondary N) is 1. The van der Waals surface area contributed by atoms with Gasteiger partial charge in [-0.25, -0.2) is 4.98 Å². The second kappa shape index (κ2) is 6.05. The second-order valence-electron chi connectivity index (χ2n) is 4.97. The first-order valence-corrected chi connectivity index (χ1v) is 7.37. The summed E-state index contributed by atoms with van der Waals surface area (Å²) in [7, 11) is 0.